The van der Waals surface area contributed by atoms with Gasteiger partial charge in [-0.3, -0.25) is 0 Å². The van der Waals surface area contributed by atoms with E-state index in [-0.39, 0.29) is 6.04 Å². The predicted octanol–water partition coefficient (Wildman–Crippen LogP) is 2.40. The third kappa shape index (κ3) is 3.36. The third-order valence-corrected chi connectivity index (χ3v) is 4.47. The molecule has 0 amide bonds. The lowest BCUT2D eigenvalue weighted by Gasteiger charge is -2.30. The van der Waals surface area contributed by atoms with Crippen LogP contribution >= 0.6 is 0 Å². The van der Waals surface area contributed by atoms with Crippen molar-refractivity contribution in [3.05, 3.63) is 42.4 Å². The molecule has 0 atom stereocenters. The minimum atomic E-state index is 0.276. The van der Waals surface area contributed by atoms with Crippen molar-refractivity contribution in [2.75, 3.05) is 23.3 Å². The monoisotopic (exact) mass is 335 g/mol. The molecule has 3 N–H and O–H groups in total. The highest BCUT2D eigenvalue weighted by atomic mass is 15.3. The normalized spacial score (nSPS) is 15.5. The van der Waals surface area contributed by atoms with E-state index in [1.807, 2.05) is 12.1 Å². The van der Waals surface area contributed by atoms with Crippen molar-refractivity contribution < 1.29 is 0 Å². The zero-order chi connectivity index (χ0) is 17.2. The summed E-state index contributed by atoms with van der Waals surface area (Å²) in [6, 6.07) is 8.43. The van der Waals surface area contributed by atoms with Gasteiger partial charge >= 0.3 is 0 Å². The highest BCUT2D eigenvalue weighted by Gasteiger charge is 2.19. The van der Waals surface area contributed by atoms with Crippen LogP contribution in [0.5, 0.6) is 0 Å². The molecule has 0 radical (unpaired) electrons. The van der Waals surface area contributed by atoms with Crippen LogP contribution in [-0.4, -0.2) is 39.1 Å². The summed E-state index contributed by atoms with van der Waals surface area (Å²) in [5.74, 6) is 1.40. The van der Waals surface area contributed by atoms with Crippen LogP contribution in [0.1, 0.15) is 18.4 Å². The third-order valence-electron chi connectivity index (χ3n) is 4.47. The van der Waals surface area contributed by atoms with Crippen LogP contribution in [0.25, 0.3) is 11.0 Å². The molecule has 0 aliphatic carbocycles. The summed E-state index contributed by atoms with van der Waals surface area (Å²) in [6.07, 6.45) is 5.21. The van der Waals surface area contributed by atoms with Crippen molar-refractivity contribution in [2.24, 2.45) is 5.73 Å². The Labute approximate surface area is 146 Å². The zero-order valence-corrected chi connectivity index (χ0v) is 14.2. The lowest BCUT2D eigenvalue weighted by atomic mass is 10.1. The molecule has 1 saturated heterocycles. The highest BCUT2D eigenvalue weighted by Crippen LogP contribution is 2.24. The van der Waals surface area contributed by atoms with Gasteiger partial charge in [0.2, 0.25) is 5.95 Å². The van der Waals surface area contributed by atoms with Crippen molar-refractivity contribution in [2.45, 2.75) is 25.8 Å². The van der Waals surface area contributed by atoms with Crippen molar-refractivity contribution in [3.8, 4) is 0 Å². The number of anilines is 3. The fraction of sp³-hybridized carbons (Fsp3) is 0.333. The molecular weight excluding hydrogens is 314 g/mol. The lowest BCUT2D eigenvalue weighted by Crippen LogP contribution is -2.40. The number of aryl methyl sites for hydroxylation is 1. The first-order valence-electron chi connectivity index (χ1n) is 8.51. The Balaban J connectivity index is 1.68. The first-order valence-corrected chi connectivity index (χ1v) is 8.51. The van der Waals surface area contributed by atoms with Crippen LogP contribution in [0.2, 0.25) is 0 Å². The molecule has 0 spiro atoms. The Morgan fingerprint density at radius 1 is 1.16 bits per heavy atom. The second kappa shape index (κ2) is 6.60. The minimum absolute atomic E-state index is 0.276. The number of hydrogen-bond acceptors (Lipinski definition) is 7. The van der Waals surface area contributed by atoms with Crippen LogP contribution in [-0.2, 0) is 0 Å². The molecule has 2 aromatic heterocycles. The number of nitrogens with zero attached hydrogens (tertiary/aromatic N) is 5. The van der Waals surface area contributed by atoms with Gasteiger partial charge in [0, 0.05) is 24.8 Å². The minimum Gasteiger partial charge on any atom is -0.341 e. The molecule has 4 rings (SSSR count). The Hall–Kier alpha value is -2.80. The van der Waals surface area contributed by atoms with E-state index in [9.17, 15) is 0 Å². The summed E-state index contributed by atoms with van der Waals surface area (Å²) in [5, 5.41) is 3.35. The van der Waals surface area contributed by atoms with Crippen LogP contribution in [0.15, 0.2) is 36.8 Å². The van der Waals surface area contributed by atoms with Crippen LogP contribution < -0.4 is 16.0 Å². The van der Waals surface area contributed by atoms with Gasteiger partial charge in [-0.05, 0) is 37.5 Å². The second-order valence-corrected chi connectivity index (χ2v) is 6.45. The standard InChI is InChI=1S/C18H21N7/c1-12-3-2-4-14(9-12)23-17-16-15(21-11-22-17)10-20-18(24-16)25-7-5-13(19)6-8-25/h2-4,9-11,13H,5-8,19H2,1H3,(H,21,22,23). The van der Waals surface area contributed by atoms with Crippen molar-refractivity contribution in [3.63, 3.8) is 0 Å². The summed E-state index contributed by atoms with van der Waals surface area (Å²) >= 11 is 0. The van der Waals surface area contributed by atoms with Crippen LogP contribution in [0.3, 0.4) is 0 Å². The first-order chi connectivity index (χ1) is 12.2. The van der Waals surface area contributed by atoms with E-state index in [4.69, 9.17) is 10.7 Å². The fourth-order valence-electron chi connectivity index (χ4n) is 3.05. The maximum absolute atomic E-state index is 5.99. The van der Waals surface area contributed by atoms with Crippen molar-refractivity contribution >= 4 is 28.5 Å². The quantitative estimate of drug-likeness (QED) is 0.759. The number of nitrogens with two attached hydrogens (primary N) is 1. The molecule has 1 aliphatic heterocycles. The predicted molar refractivity (Wildman–Crippen MR) is 99.0 cm³/mol. The Morgan fingerprint density at radius 2 is 2.00 bits per heavy atom. The van der Waals surface area contributed by atoms with E-state index >= 15 is 0 Å². The summed E-state index contributed by atoms with van der Waals surface area (Å²) in [5.41, 5.74) is 9.60. The van der Waals surface area contributed by atoms with E-state index < -0.39 is 0 Å². The summed E-state index contributed by atoms with van der Waals surface area (Å²) in [6.45, 7) is 3.81. The Kier molecular flexibility index (Phi) is 4.15. The van der Waals surface area contributed by atoms with Gasteiger partial charge in [-0.15, -0.1) is 0 Å². The molecular formula is C18H21N7. The first kappa shape index (κ1) is 15.7. The fourth-order valence-corrected chi connectivity index (χ4v) is 3.05. The maximum atomic E-state index is 5.99. The molecule has 1 aromatic carbocycles. The van der Waals surface area contributed by atoms with Crippen molar-refractivity contribution in [1.82, 2.24) is 19.9 Å². The Bertz CT molecular complexity index is 887. The number of hydrogen-bond donors (Lipinski definition) is 2. The van der Waals surface area contributed by atoms with E-state index in [0.717, 1.165) is 42.7 Å². The smallest absolute Gasteiger partial charge is 0.226 e. The Morgan fingerprint density at radius 3 is 2.80 bits per heavy atom. The highest BCUT2D eigenvalue weighted by molar-refractivity contribution is 5.87. The number of piperidine rings is 1. The maximum Gasteiger partial charge on any atom is 0.226 e. The number of nitrogens with one attached hydrogen (secondary N) is 1. The van der Waals surface area contributed by atoms with Gasteiger partial charge in [0.1, 0.15) is 17.4 Å². The zero-order valence-electron chi connectivity index (χ0n) is 14.2. The largest absolute Gasteiger partial charge is 0.341 e. The molecule has 7 nitrogen and oxygen atoms in total. The topological polar surface area (TPSA) is 92.9 Å². The van der Waals surface area contributed by atoms with Gasteiger partial charge < -0.3 is 16.0 Å². The molecule has 0 unspecified atom stereocenters. The molecule has 0 bridgehead atoms. The van der Waals surface area contributed by atoms with Gasteiger partial charge in [-0.1, -0.05) is 12.1 Å². The average Bonchev–Trinajstić information content (AvgIpc) is 2.62. The molecule has 0 saturated carbocycles. The van der Waals surface area contributed by atoms with Crippen LogP contribution in [0, 0.1) is 6.92 Å². The molecule has 3 heterocycles. The van der Waals surface area contributed by atoms with E-state index in [0.29, 0.717) is 11.8 Å². The molecule has 7 heteroatoms. The second-order valence-electron chi connectivity index (χ2n) is 6.45. The van der Waals surface area contributed by atoms with Crippen LogP contribution in [0.4, 0.5) is 17.5 Å². The molecule has 1 aliphatic rings. The van der Waals surface area contributed by atoms with Gasteiger partial charge in [-0.2, -0.15) is 0 Å². The molecule has 3 aromatic rings. The molecule has 1 fully saturated rings. The van der Waals surface area contributed by atoms with Gasteiger partial charge in [0.05, 0.1) is 6.20 Å². The van der Waals surface area contributed by atoms with Crippen molar-refractivity contribution in [1.29, 1.82) is 0 Å². The summed E-state index contributed by atoms with van der Waals surface area (Å²) in [7, 11) is 0. The number of benzene rings is 1. The van der Waals surface area contributed by atoms with E-state index in [1.54, 1.807) is 6.20 Å². The lowest BCUT2D eigenvalue weighted by molar-refractivity contribution is 0.496. The number of fused-ring (bicyclic) bond motifs is 1. The molecule has 25 heavy (non-hydrogen) atoms. The van der Waals surface area contributed by atoms with Gasteiger partial charge in [0.25, 0.3) is 0 Å². The molecule has 128 valence electrons. The summed E-state index contributed by atoms with van der Waals surface area (Å²) in [4.78, 5) is 20.0. The van der Waals surface area contributed by atoms with Gasteiger partial charge in [0.15, 0.2) is 5.82 Å². The SMILES string of the molecule is Cc1cccc(Nc2ncnc3cnc(N4CCC(N)CC4)nc23)c1. The summed E-state index contributed by atoms with van der Waals surface area (Å²) < 4.78 is 0. The van der Waals surface area contributed by atoms with E-state index in [2.05, 4.69) is 44.2 Å². The number of rotatable bonds is 3. The average molecular weight is 335 g/mol. The van der Waals surface area contributed by atoms with E-state index in [1.165, 1.54) is 11.9 Å². The van der Waals surface area contributed by atoms with Gasteiger partial charge in [-0.25, -0.2) is 19.9 Å². The number of aromatic nitrogens is 4.